The van der Waals surface area contributed by atoms with Crippen molar-refractivity contribution in [3.05, 3.63) is 29.3 Å². The number of nitrogens with zero attached hydrogens (tertiary/aromatic N) is 1. The molecule has 1 aromatic rings. The molecule has 7 heteroatoms. The van der Waals surface area contributed by atoms with Crippen LogP contribution in [0.3, 0.4) is 0 Å². The highest BCUT2D eigenvalue weighted by molar-refractivity contribution is 5.53. The number of benzene rings is 1. The van der Waals surface area contributed by atoms with Crippen molar-refractivity contribution in [2.45, 2.75) is 19.2 Å². The molecule has 0 aliphatic carbocycles. The van der Waals surface area contributed by atoms with Gasteiger partial charge in [-0.15, -0.1) is 0 Å². The summed E-state index contributed by atoms with van der Waals surface area (Å²) in [4.78, 5) is 0. The van der Waals surface area contributed by atoms with Gasteiger partial charge in [-0.25, -0.2) is 0 Å². The lowest BCUT2D eigenvalue weighted by Gasteiger charge is -2.13. The molecule has 20 heavy (non-hydrogen) atoms. The van der Waals surface area contributed by atoms with E-state index in [2.05, 4.69) is 10.6 Å². The van der Waals surface area contributed by atoms with Crippen molar-refractivity contribution in [2.24, 2.45) is 0 Å². The molecule has 0 heterocycles. The Bertz CT molecular complexity index is 481. The molecule has 4 nitrogen and oxygen atoms in total. The zero-order valence-corrected chi connectivity index (χ0v) is 11.0. The summed E-state index contributed by atoms with van der Waals surface area (Å²) in [5.74, 6) is 0. The predicted molar refractivity (Wildman–Crippen MR) is 69.2 cm³/mol. The fraction of sp³-hybridized carbons (Fsp3) is 0.462. The Morgan fingerprint density at radius 1 is 1.35 bits per heavy atom. The van der Waals surface area contributed by atoms with Crippen LogP contribution in [0.1, 0.15) is 18.1 Å². The van der Waals surface area contributed by atoms with E-state index in [0.29, 0.717) is 25.3 Å². The maximum Gasteiger partial charge on any atom is 0.417 e. The molecule has 0 saturated carbocycles. The van der Waals surface area contributed by atoms with Crippen LogP contribution in [0.4, 0.5) is 18.9 Å². The fourth-order valence-electron chi connectivity index (χ4n) is 1.59. The molecule has 0 aromatic heterocycles. The normalized spacial score (nSPS) is 12.8. The maximum atomic E-state index is 12.7. The second kappa shape index (κ2) is 7.12. The fourth-order valence-corrected chi connectivity index (χ4v) is 1.59. The van der Waals surface area contributed by atoms with Crippen LogP contribution in [-0.4, -0.2) is 30.8 Å². The first kappa shape index (κ1) is 16.3. The first-order chi connectivity index (χ1) is 9.34. The summed E-state index contributed by atoms with van der Waals surface area (Å²) >= 11 is 0. The Labute approximate surface area is 115 Å². The monoisotopic (exact) mass is 287 g/mol. The Morgan fingerprint density at radius 2 is 2.05 bits per heavy atom. The zero-order valence-electron chi connectivity index (χ0n) is 11.0. The van der Waals surface area contributed by atoms with Gasteiger partial charge in [0.25, 0.3) is 0 Å². The lowest BCUT2D eigenvalue weighted by atomic mass is 10.1. The molecule has 0 radical (unpaired) electrons. The summed E-state index contributed by atoms with van der Waals surface area (Å²) in [5, 5.41) is 23.4. The van der Waals surface area contributed by atoms with E-state index >= 15 is 0 Å². The van der Waals surface area contributed by atoms with Crippen molar-refractivity contribution in [2.75, 3.05) is 25.0 Å². The Kier molecular flexibility index (Phi) is 5.80. The summed E-state index contributed by atoms with van der Waals surface area (Å²) < 4.78 is 38.2. The SMILES string of the molecule is CC(O)CNCCNc1ccc(C#N)c(C(F)(F)F)c1. The van der Waals surface area contributed by atoms with E-state index in [1.165, 1.54) is 12.1 Å². The molecule has 1 unspecified atom stereocenters. The minimum absolute atomic E-state index is 0.301. The van der Waals surface area contributed by atoms with Crippen LogP contribution in [0.5, 0.6) is 0 Å². The van der Waals surface area contributed by atoms with E-state index in [-0.39, 0.29) is 0 Å². The smallest absolute Gasteiger partial charge is 0.392 e. The van der Waals surface area contributed by atoms with Crippen molar-refractivity contribution in [3.8, 4) is 6.07 Å². The van der Waals surface area contributed by atoms with Gasteiger partial charge < -0.3 is 15.7 Å². The van der Waals surface area contributed by atoms with E-state index in [1.54, 1.807) is 6.92 Å². The highest BCUT2D eigenvalue weighted by Crippen LogP contribution is 2.33. The van der Waals surface area contributed by atoms with Crippen molar-refractivity contribution >= 4 is 5.69 Å². The third-order valence-corrected chi connectivity index (χ3v) is 2.52. The molecule has 1 atom stereocenters. The standard InChI is InChI=1S/C13H16F3N3O/c1-9(20)8-18-4-5-19-11-3-2-10(7-17)12(6-11)13(14,15)16/h2-3,6,9,18-20H,4-5,8H2,1H3. The maximum absolute atomic E-state index is 12.7. The first-order valence-corrected chi connectivity index (χ1v) is 6.08. The van der Waals surface area contributed by atoms with E-state index in [0.717, 1.165) is 12.1 Å². The molecular weight excluding hydrogens is 271 g/mol. The van der Waals surface area contributed by atoms with Crippen LogP contribution in [-0.2, 0) is 6.18 Å². The average Bonchev–Trinajstić information content (AvgIpc) is 2.36. The van der Waals surface area contributed by atoms with Gasteiger partial charge in [0.05, 0.1) is 23.3 Å². The van der Waals surface area contributed by atoms with Crippen molar-refractivity contribution in [1.29, 1.82) is 5.26 Å². The van der Waals surface area contributed by atoms with Crippen LogP contribution >= 0.6 is 0 Å². The number of halogens is 3. The predicted octanol–water partition coefficient (Wildman–Crippen LogP) is 1.96. The number of nitriles is 1. The largest absolute Gasteiger partial charge is 0.417 e. The van der Waals surface area contributed by atoms with Crippen molar-refractivity contribution in [3.63, 3.8) is 0 Å². The van der Waals surface area contributed by atoms with Crippen LogP contribution < -0.4 is 10.6 Å². The van der Waals surface area contributed by atoms with Crippen LogP contribution in [0, 0.1) is 11.3 Å². The van der Waals surface area contributed by atoms with Gasteiger partial charge in [-0.1, -0.05) is 0 Å². The summed E-state index contributed by atoms with van der Waals surface area (Å²) in [6, 6.07) is 5.03. The van der Waals surface area contributed by atoms with E-state index < -0.39 is 23.4 Å². The van der Waals surface area contributed by atoms with Gasteiger partial charge in [0.1, 0.15) is 0 Å². The molecule has 0 aliphatic heterocycles. The lowest BCUT2D eigenvalue weighted by Crippen LogP contribution is -2.29. The molecule has 3 N–H and O–H groups in total. The second-order valence-electron chi connectivity index (χ2n) is 4.35. The van der Waals surface area contributed by atoms with E-state index in [1.807, 2.05) is 0 Å². The highest BCUT2D eigenvalue weighted by atomic mass is 19.4. The molecular formula is C13H16F3N3O. The number of anilines is 1. The van der Waals surface area contributed by atoms with Gasteiger partial charge >= 0.3 is 6.18 Å². The number of hydrogen-bond acceptors (Lipinski definition) is 4. The lowest BCUT2D eigenvalue weighted by molar-refractivity contribution is -0.137. The number of rotatable bonds is 6. The number of hydrogen-bond donors (Lipinski definition) is 3. The first-order valence-electron chi connectivity index (χ1n) is 6.08. The van der Waals surface area contributed by atoms with Gasteiger partial charge in [-0.3, -0.25) is 0 Å². The molecule has 110 valence electrons. The summed E-state index contributed by atoms with van der Waals surface area (Å²) in [7, 11) is 0. The molecule has 0 bridgehead atoms. The molecule has 0 saturated heterocycles. The van der Waals surface area contributed by atoms with Gasteiger partial charge in [-0.2, -0.15) is 18.4 Å². The minimum atomic E-state index is -4.55. The van der Waals surface area contributed by atoms with Crippen molar-refractivity contribution in [1.82, 2.24) is 5.32 Å². The summed E-state index contributed by atoms with van der Waals surface area (Å²) in [6.45, 7) is 2.97. The molecule has 0 fully saturated rings. The number of aliphatic hydroxyl groups excluding tert-OH is 1. The Hall–Kier alpha value is -1.78. The zero-order chi connectivity index (χ0) is 15.2. The van der Waals surface area contributed by atoms with E-state index in [9.17, 15) is 13.2 Å². The average molecular weight is 287 g/mol. The topological polar surface area (TPSA) is 68.1 Å². The quantitative estimate of drug-likeness (QED) is 0.700. The minimum Gasteiger partial charge on any atom is -0.392 e. The summed E-state index contributed by atoms with van der Waals surface area (Å²) in [6.07, 6.45) is -5.02. The third-order valence-electron chi connectivity index (χ3n) is 2.52. The van der Waals surface area contributed by atoms with Gasteiger partial charge in [-0.05, 0) is 25.1 Å². The van der Waals surface area contributed by atoms with Crippen LogP contribution in [0.25, 0.3) is 0 Å². The van der Waals surface area contributed by atoms with Gasteiger partial charge in [0, 0.05) is 25.3 Å². The molecule has 1 rings (SSSR count). The van der Waals surface area contributed by atoms with Gasteiger partial charge in [0.15, 0.2) is 0 Å². The number of aliphatic hydroxyl groups is 1. The second-order valence-corrected chi connectivity index (χ2v) is 4.35. The number of nitrogens with one attached hydrogen (secondary N) is 2. The number of alkyl halides is 3. The van der Waals surface area contributed by atoms with Gasteiger partial charge in [0.2, 0.25) is 0 Å². The molecule has 0 aliphatic rings. The van der Waals surface area contributed by atoms with Crippen molar-refractivity contribution < 1.29 is 18.3 Å². The van der Waals surface area contributed by atoms with Crippen LogP contribution in [0.2, 0.25) is 0 Å². The molecule has 1 aromatic carbocycles. The Morgan fingerprint density at radius 3 is 2.60 bits per heavy atom. The Balaban J connectivity index is 2.62. The molecule has 0 amide bonds. The van der Waals surface area contributed by atoms with Crippen LogP contribution in [0.15, 0.2) is 18.2 Å². The van der Waals surface area contributed by atoms with E-state index in [4.69, 9.17) is 10.4 Å². The molecule has 0 spiro atoms. The third kappa shape index (κ3) is 5.07. The summed E-state index contributed by atoms with van der Waals surface area (Å²) in [5.41, 5.74) is -1.03. The highest BCUT2D eigenvalue weighted by Gasteiger charge is 2.33.